The van der Waals surface area contributed by atoms with Crippen molar-refractivity contribution < 1.29 is 22.7 Å². The Morgan fingerprint density at radius 1 is 1.27 bits per heavy atom. The molecule has 0 aliphatic heterocycles. The van der Waals surface area contributed by atoms with E-state index in [0.717, 1.165) is 6.07 Å². The zero-order valence-corrected chi connectivity index (χ0v) is 8.36. The largest absolute Gasteiger partial charge is 0.423 e. The molecular weight excluding hydrogens is 229 g/mol. The van der Waals surface area contributed by atoms with Gasteiger partial charge in [0.15, 0.2) is 17.4 Å². The maximum absolute atomic E-state index is 13.0. The SMILES string of the molecule is O=C(CCS)Oc1ccc(F)c(F)c1F. The number of thiol groups is 1. The molecule has 0 atom stereocenters. The number of hydrogen-bond donors (Lipinski definition) is 1. The predicted molar refractivity (Wildman–Crippen MR) is 50.4 cm³/mol. The first-order valence-electron chi connectivity index (χ1n) is 4.01. The smallest absolute Gasteiger partial charge is 0.312 e. The van der Waals surface area contributed by atoms with Crippen molar-refractivity contribution in [3.63, 3.8) is 0 Å². The zero-order chi connectivity index (χ0) is 11.4. The van der Waals surface area contributed by atoms with Crippen LogP contribution in [0.2, 0.25) is 0 Å². The first kappa shape index (κ1) is 11.9. The van der Waals surface area contributed by atoms with Gasteiger partial charge in [-0.15, -0.1) is 0 Å². The number of hydrogen-bond acceptors (Lipinski definition) is 3. The van der Waals surface area contributed by atoms with E-state index in [9.17, 15) is 18.0 Å². The van der Waals surface area contributed by atoms with E-state index in [1.165, 1.54) is 0 Å². The van der Waals surface area contributed by atoms with Gasteiger partial charge in [0.2, 0.25) is 5.82 Å². The van der Waals surface area contributed by atoms with E-state index in [-0.39, 0.29) is 12.2 Å². The quantitative estimate of drug-likeness (QED) is 0.377. The van der Waals surface area contributed by atoms with Gasteiger partial charge in [-0.25, -0.2) is 8.78 Å². The molecule has 1 rings (SSSR count). The third-order valence-electron chi connectivity index (χ3n) is 1.54. The average Bonchev–Trinajstić information content (AvgIpc) is 2.20. The van der Waals surface area contributed by atoms with Crippen LogP contribution in [0.15, 0.2) is 12.1 Å². The van der Waals surface area contributed by atoms with E-state index in [1.54, 1.807) is 0 Å². The van der Waals surface area contributed by atoms with Crippen LogP contribution in [0.3, 0.4) is 0 Å². The number of carbonyl (C=O) groups excluding carboxylic acids is 1. The molecule has 0 aliphatic rings. The van der Waals surface area contributed by atoms with Crippen molar-refractivity contribution in [2.75, 3.05) is 5.75 Å². The van der Waals surface area contributed by atoms with Crippen LogP contribution in [0.25, 0.3) is 0 Å². The fourth-order valence-electron chi connectivity index (χ4n) is 0.852. The van der Waals surface area contributed by atoms with Crippen molar-refractivity contribution >= 4 is 18.6 Å². The van der Waals surface area contributed by atoms with E-state index in [1.807, 2.05) is 0 Å². The van der Waals surface area contributed by atoms with Crippen molar-refractivity contribution in [2.45, 2.75) is 6.42 Å². The molecule has 0 spiro atoms. The highest BCUT2D eigenvalue weighted by molar-refractivity contribution is 7.80. The van der Waals surface area contributed by atoms with E-state index in [0.29, 0.717) is 6.07 Å². The first-order chi connectivity index (χ1) is 7.06. The van der Waals surface area contributed by atoms with Crippen LogP contribution in [0, 0.1) is 17.5 Å². The van der Waals surface area contributed by atoms with Gasteiger partial charge in [-0.1, -0.05) is 0 Å². The molecule has 1 aromatic rings. The summed E-state index contributed by atoms with van der Waals surface area (Å²) in [6.45, 7) is 0. The molecule has 0 bridgehead atoms. The Labute approximate surface area is 89.5 Å². The topological polar surface area (TPSA) is 26.3 Å². The Balaban J connectivity index is 2.87. The number of halogens is 3. The highest BCUT2D eigenvalue weighted by atomic mass is 32.1. The number of rotatable bonds is 3. The van der Waals surface area contributed by atoms with Crippen molar-refractivity contribution in [1.82, 2.24) is 0 Å². The molecular formula is C9H7F3O2S. The highest BCUT2D eigenvalue weighted by Crippen LogP contribution is 2.22. The Morgan fingerprint density at radius 3 is 2.53 bits per heavy atom. The van der Waals surface area contributed by atoms with E-state index in [4.69, 9.17) is 0 Å². The molecule has 0 radical (unpaired) electrons. The minimum atomic E-state index is -1.66. The van der Waals surface area contributed by atoms with Crippen LogP contribution >= 0.6 is 12.6 Å². The molecule has 15 heavy (non-hydrogen) atoms. The number of ether oxygens (including phenoxy) is 1. The maximum atomic E-state index is 13.0. The van der Waals surface area contributed by atoms with Crippen molar-refractivity contribution in [1.29, 1.82) is 0 Å². The molecule has 0 saturated heterocycles. The zero-order valence-electron chi connectivity index (χ0n) is 7.47. The standard InChI is InChI=1S/C9H7F3O2S/c10-5-1-2-6(9(12)8(5)11)14-7(13)3-4-15/h1-2,15H,3-4H2. The number of carbonyl (C=O) groups is 1. The molecule has 82 valence electrons. The van der Waals surface area contributed by atoms with E-state index < -0.39 is 29.2 Å². The maximum Gasteiger partial charge on any atom is 0.312 e. The van der Waals surface area contributed by atoms with Gasteiger partial charge in [0, 0.05) is 5.75 Å². The molecule has 0 N–H and O–H groups in total. The van der Waals surface area contributed by atoms with Crippen molar-refractivity contribution in [3.05, 3.63) is 29.6 Å². The lowest BCUT2D eigenvalue weighted by molar-refractivity contribution is -0.134. The van der Waals surface area contributed by atoms with Gasteiger partial charge in [-0.2, -0.15) is 17.0 Å². The van der Waals surface area contributed by atoms with E-state index in [2.05, 4.69) is 17.4 Å². The average molecular weight is 236 g/mol. The summed E-state index contributed by atoms with van der Waals surface area (Å²) in [7, 11) is 0. The predicted octanol–water partition coefficient (Wildman–Crippen LogP) is 2.33. The summed E-state index contributed by atoms with van der Waals surface area (Å²) in [5.74, 6) is -5.66. The van der Waals surface area contributed by atoms with E-state index >= 15 is 0 Å². The second-order valence-electron chi connectivity index (χ2n) is 2.62. The molecule has 1 aromatic carbocycles. The molecule has 0 heterocycles. The van der Waals surface area contributed by atoms with Gasteiger partial charge in [-0.05, 0) is 12.1 Å². The molecule has 6 heteroatoms. The Bertz CT molecular complexity index is 382. The molecule has 0 unspecified atom stereocenters. The van der Waals surface area contributed by atoms with Crippen molar-refractivity contribution in [2.24, 2.45) is 0 Å². The third-order valence-corrected chi connectivity index (χ3v) is 1.76. The van der Waals surface area contributed by atoms with Gasteiger partial charge in [0.25, 0.3) is 0 Å². The lowest BCUT2D eigenvalue weighted by Crippen LogP contribution is -2.10. The molecule has 0 aromatic heterocycles. The molecule has 0 aliphatic carbocycles. The summed E-state index contributed by atoms with van der Waals surface area (Å²) >= 11 is 3.76. The van der Waals surface area contributed by atoms with Crippen LogP contribution < -0.4 is 4.74 Å². The van der Waals surface area contributed by atoms with Crippen molar-refractivity contribution in [3.8, 4) is 5.75 Å². The molecule has 2 nitrogen and oxygen atoms in total. The monoisotopic (exact) mass is 236 g/mol. The van der Waals surface area contributed by atoms with Crippen LogP contribution in [-0.2, 0) is 4.79 Å². The van der Waals surface area contributed by atoms with Gasteiger partial charge in [0.05, 0.1) is 6.42 Å². The third kappa shape index (κ3) is 2.89. The summed E-state index contributed by atoms with van der Waals surface area (Å²) in [4.78, 5) is 10.9. The van der Waals surface area contributed by atoms with Gasteiger partial charge in [-0.3, -0.25) is 4.79 Å². The Kier molecular flexibility index (Phi) is 4.02. The number of esters is 1. The van der Waals surface area contributed by atoms with Crippen LogP contribution in [0.1, 0.15) is 6.42 Å². The fraction of sp³-hybridized carbons (Fsp3) is 0.222. The highest BCUT2D eigenvalue weighted by Gasteiger charge is 2.16. The van der Waals surface area contributed by atoms with Crippen LogP contribution in [0.5, 0.6) is 5.75 Å². The first-order valence-corrected chi connectivity index (χ1v) is 4.64. The summed E-state index contributed by atoms with van der Waals surface area (Å²) in [6, 6.07) is 1.53. The minimum Gasteiger partial charge on any atom is -0.423 e. The van der Waals surface area contributed by atoms with Gasteiger partial charge >= 0.3 is 5.97 Å². The summed E-state index contributed by atoms with van der Waals surface area (Å²) in [5.41, 5.74) is 0. The Morgan fingerprint density at radius 2 is 1.93 bits per heavy atom. The molecule has 0 saturated carbocycles. The van der Waals surface area contributed by atoms with Crippen LogP contribution in [0.4, 0.5) is 13.2 Å². The lowest BCUT2D eigenvalue weighted by atomic mass is 10.3. The lowest BCUT2D eigenvalue weighted by Gasteiger charge is -2.05. The summed E-state index contributed by atoms with van der Waals surface area (Å²) < 4.78 is 42.6. The molecule has 0 fully saturated rings. The van der Waals surface area contributed by atoms with Crippen LogP contribution in [-0.4, -0.2) is 11.7 Å². The number of benzene rings is 1. The normalized spacial score (nSPS) is 10.1. The van der Waals surface area contributed by atoms with Gasteiger partial charge in [0.1, 0.15) is 0 Å². The minimum absolute atomic E-state index is 0.0401. The summed E-state index contributed by atoms with van der Waals surface area (Å²) in [6.07, 6.45) is -0.0401. The summed E-state index contributed by atoms with van der Waals surface area (Å²) in [5, 5.41) is 0. The molecule has 0 amide bonds. The second-order valence-corrected chi connectivity index (χ2v) is 3.07. The fourth-order valence-corrected chi connectivity index (χ4v) is 1.03. The second kappa shape index (κ2) is 5.06. The Hall–Kier alpha value is -1.17. The van der Waals surface area contributed by atoms with Gasteiger partial charge < -0.3 is 4.74 Å².